The van der Waals surface area contributed by atoms with E-state index in [1.165, 1.54) is 0 Å². The van der Waals surface area contributed by atoms with E-state index in [9.17, 15) is 13.2 Å². The Hall–Kier alpha value is -1.56. The smallest absolute Gasteiger partial charge is 0.243 e. The molecule has 1 rings (SSSR count). The van der Waals surface area contributed by atoms with Crippen LogP contribution in [0.5, 0.6) is 0 Å². The quantitative estimate of drug-likeness (QED) is 0.873. The number of rotatable bonds is 6. The Morgan fingerprint density at radius 3 is 2.05 bits per heavy atom. The molecule has 0 aromatic heterocycles. The normalized spacial score (nSPS) is 14.6. The highest BCUT2D eigenvalue weighted by Crippen LogP contribution is 2.20. The second kappa shape index (κ2) is 6.93. The fraction of sp³-hybridized carbons (Fsp3) is 0.533. The fourth-order valence-corrected chi connectivity index (χ4v) is 3.07. The van der Waals surface area contributed by atoms with Gasteiger partial charge in [0.05, 0.1) is 11.9 Å². The molecule has 6 heteroatoms. The average Bonchev–Trinajstić information content (AvgIpc) is 2.38. The molecule has 1 aromatic carbocycles. The van der Waals surface area contributed by atoms with Gasteiger partial charge in [-0.3, -0.25) is 9.10 Å². The van der Waals surface area contributed by atoms with Gasteiger partial charge in [-0.25, -0.2) is 8.42 Å². The van der Waals surface area contributed by atoms with Crippen molar-refractivity contribution in [1.29, 1.82) is 0 Å². The molecule has 1 amide bonds. The van der Waals surface area contributed by atoms with Crippen molar-refractivity contribution >= 4 is 21.6 Å². The predicted octanol–water partition coefficient (Wildman–Crippen LogP) is 2.00. The van der Waals surface area contributed by atoms with Gasteiger partial charge in [-0.15, -0.1) is 0 Å². The third-order valence-electron chi connectivity index (χ3n) is 3.47. The van der Waals surface area contributed by atoms with Gasteiger partial charge in [-0.2, -0.15) is 0 Å². The molecule has 1 aromatic rings. The van der Waals surface area contributed by atoms with Crippen LogP contribution in [0.3, 0.4) is 0 Å². The molecule has 2 atom stereocenters. The van der Waals surface area contributed by atoms with Crippen molar-refractivity contribution in [2.45, 2.75) is 39.8 Å². The standard InChI is InChI=1S/C15H24N2O3S/c1-11(2)12(3)16-15(18)13(4)17(21(5,19)20)14-9-7-6-8-10-14/h6-13H,1-5H3,(H,16,18)/t12-,13+/m0/s1. The van der Waals surface area contributed by atoms with Gasteiger partial charge in [0.15, 0.2) is 0 Å². The minimum atomic E-state index is -3.55. The SMILES string of the molecule is CC(C)[C@H](C)NC(=O)[C@@H](C)N(c1ccccc1)S(C)(=O)=O. The van der Waals surface area contributed by atoms with Crippen LogP contribution in [0.2, 0.25) is 0 Å². The predicted molar refractivity (Wildman–Crippen MR) is 85.7 cm³/mol. The summed E-state index contributed by atoms with van der Waals surface area (Å²) in [5, 5.41) is 2.86. The molecule has 0 spiro atoms. The number of hydrogen-bond donors (Lipinski definition) is 1. The van der Waals surface area contributed by atoms with Crippen LogP contribution in [0.25, 0.3) is 0 Å². The van der Waals surface area contributed by atoms with E-state index in [1.54, 1.807) is 37.3 Å². The van der Waals surface area contributed by atoms with Gasteiger partial charge >= 0.3 is 0 Å². The summed E-state index contributed by atoms with van der Waals surface area (Å²) < 4.78 is 25.2. The lowest BCUT2D eigenvalue weighted by molar-refractivity contribution is -0.122. The summed E-state index contributed by atoms with van der Waals surface area (Å²) >= 11 is 0. The third kappa shape index (κ3) is 4.74. The van der Waals surface area contributed by atoms with E-state index >= 15 is 0 Å². The maximum Gasteiger partial charge on any atom is 0.243 e. The zero-order valence-corrected chi connectivity index (χ0v) is 14.0. The molecule has 21 heavy (non-hydrogen) atoms. The van der Waals surface area contributed by atoms with Crippen molar-refractivity contribution in [2.24, 2.45) is 5.92 Å². The molecule has 0 unspecified atom stereocenters. The van der Waals surface area contributed by atoms with Gasteiger partial charge < -0.3 is 5.32 Å². The fourth-order valence-electron chi connectivity index (χ4n) is 1.90. The van der Waals surface area contributed by atoms with Crippen molar-refractivity contribution in [3.63, 3.8) is 0 Å². The Labute approximate surface area is 127 Å². The van der Waals surface area contributed by atoms with Crippen molar-refractivity contribution in [3.05, 3.63) is 30.3 Å². The topological polar surface area (TPSA) is 66.5 Å². The summed E-state index contributed by atoms with van der Waals surface area (Å²) in [4.78, 5) is 12.3. The Kier molecular flexibility index (Phi) is 5.78. The highest BCUT2D eigenvalue weighted by molar-refractivity contribution is 7.92. The first-order valence-electron chi connectivity index (χ1n) is 6.99. The Bertz CT molecular complexity index is 570. The molecular weight excluding hydrogens is 288 g/mol. The van der Waals surface area contributed by atoms with Crippen molar-refractivity contribution < 1.29 is 13.2 Å². The van der Waals surface area contributed by atoms with E-state index in [0.717, 1.165) is 10.6 Å². The first-order chi connectivity index (χ1) is 9.64. The number of para-hydroxylation sites is 1. The zero-order valence-electron chi connectivity index (χ0n) is 13.2. The van der Waals surface area contributed by atoms with E-state index in [4.69, 9.17) is 0 Å². The molecule has 0 bridgehead atoms. The monoisotopic (exact) mass is 312 g/mol. The van der Waals surface area contributed by atoms with Crippen LogP contribution < -0.4 is 9.62 Å². The van der Waals surface area contributed by atoms with Gasteiger partial charge in [0.2, 0.25) is 15.9 Å². The van der Waals surface area contributed by atoms with Crippen LogP contribution in [-0.4, -0.2) is 32.7 Å². The summed E-state index contributed by atoms with van der Waals surface area (Å²) in [5.74, 6) is -0.0185. The molecule has 0 radical (unpaired) electrons. The maximum atomic E-state index is 12.3. The van der Waals surface area contributed by atoms with Gasteiger partial charge in [0.1, 0.15) is 6.04 Å². The molecule has 1 N–H and O–H groups in total. The number of anilines is 1. The summed E-state index contributed by atoms with van der Waals surface area (Å²) in [6.45, 7) is 7.50. The molecule has 0 saturated heterocycles. The molecule has 0 heterocycles. The van der Waals surface area contributed by atoms with Crippen molar-refractivity contribution in [3.8, 4) is 0 Å². The van der Waals surface area contributed by atoms with Gasteiger partial charge in [-0.1, -0.05) is 32.0 Å². The lowest BCUT2D eigenvalue weighted by atomic mass is 10.1. The lowest BCUT2D eigenvalue weighted by Crippen LogP contribution is -2.50. The number of amides is 1. The molecule has 5 nitrogen and oxygen atoms in total. The Balaban J connectivity index is 3.03. The Morgan fingerprint density at radius 1 is 1.10 bits per heavy atom. The minimum Gasteiger partial charge on any atom is -0.352 e. The van der Waals surface area contributed by atoms with Crippen LogP contribution in [0, 0.1) is 5.92 Å². The van der Waals surface area contributed by atoms with Crippen molar-refractivity contribution in [1.82, 2.24) is 5.32 Å². The van der Waals surface area contributed by atoms with Crippen LogP contribution in [-0.2, 0) is 14.8 Å². The first-order valence-corrected chi connectivity index (χ1v) is 8.84. The highest BCUT2D eigenvalue weighted by atomic mass is 32.2. The van der Waals surface area contributed by atoms with E-state index < -0.39 is 16.1 Å². The first kappa shape index (κ1) is 17.5. The number of carbonyl (C=O) groups excluding carboxylic acids is 1. The van der Waals surface area contributed by atoms with E-state index in [-0.39, 0.29) is 17.9 Å². The minimum absolute atomic E-state index is 0.0165. The number of nitrogens with one attached hydrogen (secondary N) is 1. The Morgan fingerprint density at radius 2 is 1.62 bits per heavy atom. The number of benzene rings is 1. The summed E-state index contributed by atoms with van der Waals surface area (Å²) in [5.41, 5.74) is 0.486. The summed E-state index contributed by atoms with van der Waals surface area (Å²) in [7, 11) is -3.55. The van der Waals surface area contributed by atoms with Gasteiger partial charge in [0.25, 0.3) is 0 Å². The second-order valence-corrected chi connectivity index (χ2v) is 7.47. The molecule has 0 saturated carbocycles. The summed E-state index contributed by atoms with van der Waals surface area (Å²) in [6, 6.07) is 7.83. The van der Waals surface area contributed by atoms with Gasteiger partial charge in [0, 0.05) is 6.04 Å². The molecule has 0 fully saturated rings. The van der Waals surface area contributed by atoms with Crippen LogP contribution >= 0.6 is 0 Å². The zero-order chi connectivity index (χ0) is 16.2. The molecule has 118 valence electrons. The molecular formula is C15H24N2O3S. The summed E-state index contributed by atoms with van der Waals surface area (Å²) in [6.07, 6.45) is 1.11. The van der Waals surface area contributed by atoms with E-state index in [1.807, 2.05) is 20.8 Å². The van der Waals surface area contributed by atoms with Crippen LogP contribution in [0.4, 0.5) is 5.69 Å². The molecule has 0 aliphatic heterocycles. The maximum absolute atomic E-state index is 12.3. The number of nitrogens with zero attached hydrogens (tertiary/aromatic N) is 1. The van der Waals surface area contributed by atoms with Crippen molar-refractivity contribution in [2.75, 3.05) is 10.6 Å². The molecule has 0 aliphatic rings. The number of carbonyl (C=O) groups is 1. The van der Waals surface area contributed by atoms with E-state index in [0.29, 0.717) is 5.69 Å². The average molecular weight is 312 g/mol. The van der Waals surface area contributed by atoms with E-state index in [2.05, 4.69) is 5.32 Å². The van der Waals surface area contributed by atoms with Gasteiger partial charge in [-0.05, 0) is 31.9 Å². The number of sulfonamides is 1. The van der Waals surface area contributed by atoms with Crippen LogP contribution in [0.15, 0.2) is 30.3 Å². The molecule has 0 aliphatic carbocycles. The second-order valence-electron chi connectivity index (χ2n) is 5.61. The number of hydrogen-bond acceptors (Lipinski definition) is 3. The van der Waals surface area contributed by atoms with Crippen LogP contribution in [0.1, 0.15) is 27.7 Å². The lowest BCUT2D eigenvalue weighted by Gasteiger charge is -2.29. The largest absolute Gasteiger partial charge is 0.352 e. The highest BCUT2D eigenvalue weighted by Gasteiger charge is 2.29. The third-order valence-corrected chi connectivity index (χ3v) is 4.71.